The summed E-state index contributed by atoms with van der Waals surface area (Å²) in [5.41, 5.74) is 0. The minimum atomic E-state index is -0.915. The third-order valence-corrected chi connectivity index (χ3v) is 6.52. The van der Waals surface area contributed by atoms with E-state index in [0.29, 0.717) is 0 Å². The molecule has 0 heterocycles. The topological polar surface area (TPSA) is 0 Å². The molecule has 3 aromatic rings. The van der Waals surface area contributed by atoms with Crippen molar-refractivity contribution in [3.05, 3.63) is 89.4 Å². The molecule has 3 rings (SSSR count). The summed E-state index contributed by atoms with van der Waals surface area (Å²) in [5, 5.41) is 4.26. The predicted molar refractivity (Wildman–Crippen MR) is 91.7 cm³/mol. The maximum absolute atomic E-state index is 3.52. The van der Waals surface area contributed by atoms with E-state index >= 15 is 0 Å². The lowest BCUT2D eigenvalue weighted by atomic mass is 10.3. The zero-order chi connectivity index (χ0) is 13.8. The van der Waals surface area contributed by atoms with E-state index in [-0.39, 0.29) is 0 Å². The average Bonchev–Trinajstić information content (AvgIpc) is 2.52. The van der Waals surface area contributed by atoms with Gasteiger partial charge in [-0.1, -0.05) is 104 Å². The number of hydrogen-bond donors (Lipinski definition) is 0. The summed E-state index contributed by atoms with van der Waals surface area (Å²) < 4.78 is 1.13. The summed E-state index contributed by atoms with van der Waals surface area (Å²) in [6.45, 7) is 0. The predicted octanol–water partition coefficient (Wildman–Crippen LogP) is 2.97. The molecule has 0 aliphatic rings. The molecule has 20 heavy (non-hydrogen) atoms. The molecule has 0 aliphatic heterocycles. The Hall–Kier alpha value is -1.64. The highest BCUT2D eigenvalue weighted by molar-refractivity contribution is 9.10. The molecule has 3 aromatic carbocycles. The molecule has 1 radical (unpaired) electrons. The van der Waals surface area contributed by atoms with Gasteiger partial charge < -0.3 is 0 Å². The third-order valence-electron chi connectivity index (χ3n) is 3.26. The fourth-order valence-corrected chi connectivity index (χ4v) is 5.14. The monoisotopic (exact) mass is 337 g/mol. The zero-order valence-electron chi connectivity index (χ0n) is 11.0. The van der Waals surface area contributed by atoms with Crippen LogP contribution in [0, 0.1) is 0 Å². The van der Waals surface area contributed by atoms with Crippen molar-refractivity contribution in [1.82, 2.24) is 0 Å². The quantitative estimate of drug-likeness (QED) is 0.509. The summed E-state index contributed by atoms with van der Waals surface area (Å²) in [5.74, 6) is 0. The molecule has 0 saturated heterocycles. The molecule has 97 valence electrons. The molecule has 0 atom stereocenters. The Labute approximate surface area is 129 Å². The molecule has 0 spiro atoms. The van der Waals surface area contributed by atoms with Gasteiger partial charge in [0, 0.05) is 4.47 Å². The van der Waals surface area contributed by atoms with Gasteiger partial charge in [-0.3, -0.25) is 0 Å². The Balaban J connectivity index is 2.11. The molecule has 0 fully saturated rings. The van der Waals surface area contributed by atoms with Crippen molar-refractivity contribution in [1.29, 1.82) is 0 Å². The summed E-state index contributed by atoms with van der Waals surface area (Å²) in [4.78, 5) is 0. The Morgan fingerprint density at radius 2 is 0.900 bits per heavy atom. The minimum Gasteiger partial charge on any atom is -0.0624 e. The van der Waals surface area contributed by atoms with Gasteiger partial charge in [0.25, 0.3) is 0 Å². The van der Waals surface area contributed by atoms with Gasteiger partial charge in [-0.25, -0.2) is 0 Å². The lowest BCUT2D eigenvalue weighted by Crippen LogP contribution is -2.51. The molecule has 0 bridgehead atoms. The van der Waals surface area contributed by atoms with Crippen LogP contribution in [0.15, 0.2) is 89.4 Å². The second kappa shape index (κ2) is 6.20. The lowest BCUT2D eigenvalue weighted by Gasteiger charge is -2.16. The maximum atomic E-state index is 3.52. The van der Waals surface area contributed by atoms with E-state index < -0.39 is 8.80 Å². The Bertz CT molecular complexity index is 623. The number of rotatable bonds is 3. The smallest absolute Gasteiger partial charge is 0.0624 e. The Morgan fingerprint density at radius 3 is 1.35 bits per heavy atom. The van der Waals surface area contributed by atoms with Gasteiger partial charge in [0.2, 0.25) is 0 Å². The molecule has 0 saturated carbocycles. The van der Waals surface area contributed by atoms with E-state index in [2.05, 4.69) is 101 Å². The van der Waals surface area contributed by atoms with Crippen molar-refractivity contribution in [3.63, 3.8) is 0 Å². The van der Waals surface area contributed by atoms with E-state index in [1.54, 1.807) is 0 Å². The SMILES string of the molecule is Brc1ccc([Si](c2ccccc2)c2ccccc2)cc1. The van der Waals surface area contributed by atoms with Crippen LogP contribution in [0.25, 0.3) is 0 Å². The van der Waals surface area contributed by atoms with Crippen LogP contribution in [-0.4, -0.2) is 8.80 Å². The van der Waals surface area contributed by atoms with Crippen molar-refractivity contribution in [2.24, 2.45) is 0 Å². The van der Waals surface area contributed by atoms with Gasteiger partial charge in [0.1, 0.15) is 0 Å². The lowest BCUT2D eigenvalue weighted by molar-refractivity contribution is 1.68. The molecular formula is C18H14BrSi. The van der Waals surface area contributed by atoms with Gasteiger partial charge in [0.05, 0.1) is 0 Å². The summed E-state index contributed by atoms with van der Waals surface area (Å²) in [6.07, 6.45) is 0. The standard InChI is InChI=1S/C18H14BrSi/c19-15-11-13-18(14-12-15)20(16-7-3-1-4-8-16)17-9-5-2-6-10-17/h1-14H. The van der Waals surface area contributed by atoms with E-state index in [1.807, 2.05) is 0 Å². The van der Waals surface area contributed by atoms with Crippen LogP contribution >= 0.6 is 15.9 Å². The van der Waals surface area contributed by atoms with Crippen molar-refractivity contribution in [2.45, 2.75) is 0 Å². The first-order valence-electron chi connectivity index (χ1n) is 6.58. The van der Waals surface area contributed by atoms with Crippen molar-refractivity contribution < 1.29 is 0 Å². The second-order valence-corrected chi connectivity index (χ2v) is 8.01. The Morgan fingerprint density at radius 1 is 0.500 bits per heavy atom. The van der Waals surface area contributed by atoms with Gasteiger partial charge in [-0.15, -0.1) is 0 Å². The Kier molecular flexibility index (Phi) is 4.14. The van der Waals surface area contributed by atoms with Crippen LogP contribution in [0.4, 0.5) is 0 Å². The first kappa shape index (κ1) is 13.3. The van der Waals surface area contributed by atoms with Gasteiger partial charge >= 0.3 is 0 Å². The average molecular weight is 338 g/mol. The summed E-state index contributed by atoms with van der Waals surface area (Å²) in [7, 11) is -0.915. The third kappa shape index (κ3) is 2.92. The zero-order valence-corrected chi connectivity index (χ0v) is 13.5. The van der Waals surface area contributed by atoms with E-state index in [1.165, 1.54) is 15.6 Å². The molecule has 0 aliphatic carbocycles. The van der Waals surface area contributed by atoms with Gasteiger partial charge in [-0.05, 0) is 12.1 Å². The highest BCUT2D eigenvalue weighted by Gasteiger charge is 2.18. The molecule has 0 aromatic heterocycles. The minimum absolute atomic E-state index is 0.915. The second-order valence-electron chi connectivity index (χ2n) is 4.61. The highest BCUT2D eigenvalue weighted by atomic mass is 79.9. The fourth-order valence-electron chi connectivity index (χ4n) is 2.33. The summed E-state index contributed by atoms with van der Waals surface area (Å²) in [6, 6.07) is 30.4. The largest absolute Gasteiger partial charge is 0.154 e. The molecular weight excluding hydrogens is 324 g/mol. The molecule has 0 nitrogen and oxygen atoms in total. The van der Waals surface area contributed by atoms with Crippen LogP contribution in [0.3, 0.4) is 0 Å². The highest BCUT2D eigenvalue weighted by Crippen LogP contribution is 2.06. The first-order chi connectivity index (χ1) is 9.84. The summed E-state index contributed by atoms with van der Waals surface area (Å²) >= 11 is 3.52. The van der Waals surface area contributed by atoms with E-state index in [4.69, 9.17) is 0 Å². The molecule has 0 amide bonds. The van der Waals surface area contributed by atoms with E-state index in [0.717, 1.165) is 4.47 Å². The van der Waals surface area contributed by atoms with Crippen LogP contribution < -0.4 is 15.6 Å². The van der Waals surface area contributed by atoms with Crippen LogP contribution in [0.1, 0.15) is 0 Å². The number of benzene rings is 3. The van der Waals surface area contributed by atoms with Crippen LogP contribution in [0.2, 0.25) is 0 Å². The van der Waals surface area contributed by atoms with Gasteiger partial charge in [0.15, 0.2) is 8.80 Å². The van der Waals surface area contributed by atoms with Crippen molar-refractivity contribution in [2.75, 3.05) is 0 Å². The van der Waals surface area contributed by atoms with Crippen molar-refractivity contribution in [3.8, 4) is 0 Å². The molecule has 0 unspecified atom stereocenters. The molecule has 2 heteroatoms. The van der Waals surface area contributed by atoms with Gasteiger partial charge in [-0.2, -0.15) is 0 Å². The first-order valence-corrected chi connectivity index (χ1v) is 8.87. The van der Waals surface area contributed by atoms with Crippen LogP contribution in [-0.2, 0) is 0 Å². The van der Waals surface area contributed by atoms with Crippen molar-refractivity contribution >= 4 is 40.3 Å². The molecule has 0 N–H and O–H groups in total. The maximum Gasteiger partial charge on any atom is 0.154 e. The van der Waals surface area contributed by atoms with E-state index in [9.17, 15) is 0 Å². The number of halogens is 1. The van der Waals surface area contributed by atoms with Crippen LogP contribution in [0.5, 0.6) is 0 Å². The normalized spacial score (nSPS) is 10.7. The fraction of sp³-hybridized carbons (Fsp3) is 0. The number of hydrogen-bond acceptors (Lipinski definition) is 0.